The first kappa shape index (κ1) is 29.6. The molecule has 7 heteroatoms. The SMILES string of the molecule is CCCCCCCCCCCCCc1cc([O-])cc(Oc2cccc(S(=O)(=O)O)c2)c1.[K+]. The van der Waals surface area contributed by atoms with Gasteiger partial charge in [0.25, 0.3) is 10.1 Å². The molecular formula is C25H35KO5S. The minimum absolute atomic E-state index is 0. The van der Waals surface area contributed by atoms with Gasteiger partial charge in [-0.25, -0.2) is 0 Å². The molecule has 0 unspecified atom stereocenters. The average molecular weight is 487 g/mol. The van der Waals surface area contributed by atoms with E-state index in [4.69, 9.17) is 9.29 Å². The van der Waals surface area contributed by atoms with Gasteiger partial charge in [0.05, 0.1) is 4.90 Å². The first-order valence-electron chi connectivity index (χ1n) is 11.4. The van der Waals surface area contributed by atoms with Gasteiger partial charge in [-0.1, -0.05) is 83.3 Å². The van der Waals surface area contributed by atoms with Crippen LogP contribution >= 0.6 is 0 Å². The van der Waals surface area contributed by atoms with E-state index < -0.39 is 10.1 Å². The summed E-state index contributed by atoms with van der Waals surface area (Å²) in [7, 11) is -4.30. The molecule has 2 rings (SSSR count). The molecule has 2 aromatic rings. The smallest absolute Gasteiger partial charge is 0.872 e. The Bertz CT molecular complexity index is 899. The van der Waals surface area contributed by atoms with E-state index in [1.165, 1.54) is 82.1 Å². The third-order valence-electron chi connectivity index (χ3n) is 5.35. The molecule has 0 radical (unpaired) electrons. The first-order valence-corrected chi connectivity index (χ1v) is 12.9. The molecule has 32 heavy (non-hydrogen) atoms. The number of ether oxygens (including phenoxy) is 1. The maximum Gasteiger partial charge on any atom is 1.00 e. The van der Waals surface area contributed by atoms with Crippen LogP contribution in [0, 0.1) is 0 Å². The third kappa shape index (κ3) is 12.2. The zero-order chi connectivity index (χ0) is 22.5. The van der Waals surface area contributed by atoms with Crippen molar-refractivity contribution in [3.05, 3.63) is 48.0 Å². The van der Waals surface area contributed by atoms with E-state index in [1.54, 1.807) is 12.1 Å². The quantitative estimate of drug-likeness (QED) is 0.236. The minimum atomic E-state index is -4.30. The van der Waals surface area contributed by atoms with Crippen LogP contribution in [0.15, 0.2) is 47.4 Å². The van der Waals surface area contributed by atoms with Gasteiger partial charge in [-0.05, 0) is 42.7 Å². The van der Waals surface area contributed by atoms with Crippen molar-refractivity contribution in [3.63, 3.8) is 0 Å². The van der Waals surface area contributed by atoms with Crippen molar-refractivity contribution in [3.8, 4) is 17.2 Å². The Morgan fingerprint density at radius 3 is 2.00 bits per heavy atom. The molecule has 0 aliphatic carbocycles. The van der Waals surface area contributed by atoms with Crippen LogP contribution in [0.2, 0.25) is 0 Å². The molecule has 0 aliphatic rings. The van der Waals surface area contributed by atoms with Crippen LogP contribution in [-0.2, 0) is 16.5 Å². The third-order valence-corrected chi connectivity index (χ3v) is 6.20. The van der Waals surface area contributed by atoms with E-state index >= 15 is 0 Å². The van der Waals surface area contributed by atoms with Gasteiger partial charge in [0.15, 0.2) is 0 Å². The Morgan fingerprint density at radius 1 is 0.812 bits per heavy atom. The normalized spacial score (nSPS) is 11.2. The molecule has 0 fully saturated rings. The number of hydrogen-bond donors (Lipinski definition) is 1. The van der Waals surface area contributed by atoms with Gasteiger partial charge in [0.2, 0.25) is 0 Å². The number of benzene rings is 2. The van der Waals surface area contributed by atoms with Crippen LogP contribution in [-0.4, -0.2) is 13.0 Å². The van der Waals surface area contributed by atoms with Crippen molar-refractivity contribution in [1.29, 1.82) is 0 Å². The Balaban J connectivity index is 0.00000512. The number of unbranched alkanes of at least 4 members (excludes halogenated alkanes) is 10. The summed E-state index contributed by atoms with van der Waals surface area (Å²) in [6.45, 7) is 2.24. The fourth-order valence-corrected chi connectivity index (χ4v) is 4.18. The monoisotopic (exact) mass is 486 g/mol. The number of rotatable bonds is 15. The van der Waals surface area contributed by atoms with E-state index in [1.807, 2.05) is 6.07 Å². The first-order chi connectivity index (χ1) is 14.9. The molecule has 0 bridgehead atoms. The summed E-state index contributed by atoms with van der Waals surface area (Å²) < 4.78 is 37.4. The molecule has 0 amide bonds. The molecule has 0 aliphatic heterocycles. The Morgan fingerprint density at radius 2 is 1.41 bits per heavy atom. The minimum Gasteiger partial charge on any atom is -0.872 e. The summed E-state index contributed by atoms with van der Waals surface area (Å²) in [6.07, 6.45) is 14.9. The van der Waals surface area contributed by atoms with Gasteiger partial charge in [-0.15, -0.1) is 5.75 Å². The van der Waals surface area contributed by atoms with Crippen molar-refractivity contribution in [2.75, 3.05) is 0 Å². The van der Waals surface area contributed by atoms with E-state index in [9.17, 15) is 13.5 Å². The molecule has 0 atom stereocenters. The fourth-order valence-electron chi connectivity index (χ4n) is 3.66. The zero-order valence-electron chi connectivity index (χ0n) is 19.5. The van der Waals surface area contributed by atoms with Gasteiger partial charge in [0.1, 0.15) is 11.5 Å². The zero-order valence-corrected chi connectivity index (χ0v) is 23.5. The molecule has 0 saturated carbocycles. The molecule has 2 aromatic carbocycles. The van der Waals surface area contributed by atoms with Crippen molar-refractivity contribution >= 4 is 10.1 Å². The summed E-state index contributed by atoms with van der Waals surface area (Å²) >= 11 is 0. The molecule has 0 heterocycles. The van der Waals surface area contributed by atoms with Gasteiger partial charge < -0.3 is 9.84 Å². The summed E-state index contributed by atoms with van der Waals surface area (Å²) in [5.41, 5.74) is 0.921. The predicted molar refractivity (Wildman–Crippen MR) is 122 cm³/mol. The molecule has 5 nitrogen and oxygen atoms in total. The molecule has 0 spiro atoms. The molecule has 172 valence electrons. The maximum absolute atomic E-state index is 12.0. The molecule has 0 aromatic heterocycles. The standard InChI is InChI=1S/C25H36O5S.K/c1-2-3-4-5-6-7-8-9-10-11-12-14-21-17-22(26)19-24(18-21)30-23-15-13-16-25(20-23)31(27,28)29;/h13,15-20,26H,2-12,14H2,1H3,(H,27,28,29);/q;+1/p-1. The molecule has 0 saturated heterocycles. The summed E-state index contributed by atoms with van der Waals surface area (Å²) in [6, 6.07) is 10.4. The van der Waals surface area contributed by atoms with Gasteiger partial charge >= 0.3 is 51.4 Å². The van der Waals surface area contributed by atoms with E-state index in [0.717, 1.165) is 24.8 Å². The van der Waals surface area contributed by atoms with Crippen LogP contribution in [0.5, 0.6) is 17.2 Å². The molecular weight excluding hydrogens is 451 g/mol. The second-order valence-corrected chi connectivity index (χ2v) is 9.57. The van der Waals surface area contributed by atoms with Crippen molar-refractivity contribution in [1.82, 2.24) is 0 Å². The van der Waals surface area contributed by atoms with E-state index in [-0.39, 0.29) is 67.8 Å². The summed E-state index contributed by atoms with van der Waals surface area (Å²) in [4.78, 5) is -0.246. The maximum atomic E-state index is 12.0. The van der Waals surface area contributed by atoms with Crippen LogP contribution in [0.25, 0.3) is 0 Å². The van der Waals surface area contributed by atoms with Crippen molar-refractivity contribution in [2.24, 2.45) is 0 Å². The van der Waals surface area contributed by atoms with E-state index in [0.29, 0.717) is 5.75 Å². The van der Waals surface area contributed by atoms with Crippen LogP contribution in [0.4, 0.5) is 0 Å². The Hall–Kier alpha value is -0.414. The second-order valence-electron chi connectivity index (χ2n) is 8.15. The largest absolute Gasteiger partial charge is 1.00 e. The molecule has 1 N–H and O–H groups in total. The van der Waals surface area contributed by atoms with Gasteiger partial charge in [-0.3, -0.25) is 4.55 Å². The number of aryl methyl sites for hydroxylation is 1. The topological polar surface area (TPSA) is 86.7 Å². The van der Waals surface area contributed by atoms with Gasteiger partial charge in [-0.2, -0.15) is 8.42 Å². The van der Waals surface area contributed by atoms with Crippen LogP contribution in [0.3, 0.4) is 0 Å². The van der Waals surface area contributed by atoms with Crippen LogP contribution < -0.4 is 61.2 Å². The summed E-state index contributed by atoms with van der Waals surface area (Å²) in [5, 5.41) is 12.0. The van der Waals surface area contributed by atoms with Crippen LogP contribution in [0.1, 0.15) is 83.1 Å². The number of hydrogen-bond acceptors (Lipinski definition) is 4. The van der Waals surface area contributed by atoms with Gasteiger partial charge in [0, 0.05) is 6.07 Å². The summed E-state index contributed by atoms with van der Waals surface area (Å²) in [5.74, 6) is 0.487. The predicted octanol–water partition coefficient (Wildman–Crippen LogP) is 3.66. The van der Waals surface area contributed by atoms with Crippen molar-refractivity contribution in [2.45, 2.75) is 88.9 Å². The van der Waals surface area contributed by atoms with Crippen molar-refractivity contribution < 1.29 is 74.2 Å². The average Bonchev–Trinajstić information content (AvgIpc) is 2.71. The van der Waals surface area contributed by atoms with E-state index in [2.05, 4.69) is 6.92 Å². The fraction of sp³-hybridized carbons (Fsp3) is 0.520. The Labute approximate surface area is 236 Å². The Kier molecular flexibility index (Phi) is 15.0. The second kappa shape index (κ2) is 16.3.